The Morgan fingerprint density at radius 3 is 2.88 bits per heavy atom. The number of hydrogen-bond acceptors (Lipinski definition) is 9. The number of phenolic OH excluding ortho intramolecular Hbond substituents is 1. The predicted molar refractivity (Wildman–Crippen MR) is 93.7 cm³/mol. The van der Waals surface area contributed by atoms with Crippen LogP contribution in [-0.2, 0) is 4.74 Å². The number of nitrogens with one attached hydrogen (secondary N) is 1. The topological polar surface area (TPSA) is 105 Å². The molecule has 3 rings (SSSR count). The maximum atomic E-state index is 9.77. The van der Waals surface area contributed by atoms with Crippen LogP contribution in [0.4, 0.5) is 11.9 Å². The molecule has 132 valence electrons. The van der Waals surface area contributed by atoms with Crippen molar-refractivity contribution < 1.29 is 14.6 Å². The second kappa shape index (κ2) is 7.95. The highest BCUT2D eigenvalue weighted by molar-refractivity contribution is 6.30. The first-order chi connectivity index (χ1) is 12.2. The maximum Gasteiger partial charge on any atom is 0.322 e. The summed E-state index contributed by atoms with van der Waals surface area (Å²) in [6, 6.07) is 4.86. The van der Waals surface area contributed by atoms with Crippen molar-refractivity contribution in [3.8, 4) is 11.8 Å². The van der Waals surface area contributed by atoms with E-state index in [9.17, 15) is 5.11 Å². The Bertz CT molecular complexity index is 767. The van der Waals surface area contributed by atoms with Crippen LogP contribution in [0.25, 0.3) is 0 Å². The van der Waals surface area contributed by atoms with E-state index in [2.05, 4.69) is 25.5 Å². The summed E-state index contributed by atoms with van der Waals surface area (Å²) in [6.45, 7) is 2.60. The highest BCUT2D eigenvalue weighted by atomic mass is 35.5. The minimum atomic E-state index is 0.0668. The average molecular weight is 365 g/mol. The molecule has 2 heterocycles. The van der Waals surface area contributed by atoms with Crippen LogP contribution in [0.2, 0.25) is 5.02 Å². The van der Waals surface area contributed by atoms with Crippen molar-refractivity contribution in [2.24, 2.45) is 5.10 Å². The minimum absolute atomic E-state index is 0.0668. The van der Waals surface area contributed by atoms with Crippen molar-refractivity contribution in [2.45, 2.75) is 0 Å². The van der Waals surface area contributed by atoms with Crippen LogP contribution in [-0.4, -0.2) is 59.7 Å². The van der Waals surface area contributed by atoms with Gasteiger partial charge in [-0.15, -0.1) is 0 Å². The molecular formula is C15H17ClN6O3. The number of benzene rings is 1. The highest BCUT2D eigenvalue weighted by Crippen LogP contribution is 2.20. The Hall–Kier alpha value is -2.65. The molecule has 0 atom stereocenters. The Balaban J connectivity index is 1.77. The van der Waals surface area contributed by atoms with Gasteiger partial charge in [0.25, 0.3) is 5.95 Å². The van der Waals surface area contributed by atoms with Gasteiger partial charge in [-0.3, -0.25) is 0 Å². The number of anilines is 2. The Morgan fingerprint density at radius 1 is 1.32 bits per heavy atom. The van der Waals surface area contributed by atoms with Crippen LogP contribution in [0.5, 0.6) is 11.8 Å². The quantitative estimate of drug-likeness (QED) is 0.607. The van der Waals surface area contributed by atoms with Gasteiger partial charge in [0.1, 0.15) is 5.75 Å². The van der Waals surface area contributed by atoms with Crippen LogP contribution >= 0.6 is 11.6 Å². The third-order valence-corrected chi connectivity index (χ3v) is 3.67. The summed E-state index contributed by atoms with van der Waals surface area (Å²) in [4.78, 5) is 14.7. The van der Waals surface area contributed by atoms with Gasteiger partial charge >= 0.3 is 6.01 Å². The lowest BCUT2D eigenvalue weighted by Gasteiger charge is -2.26. The summed E-state index contributed by atoms with van der Waals surface area (Å²) in [7, 11) is 1.48. The molecular weight excluding hydrogens is 348 g/mol. The van der Waals surface area contributed by atoms with Gasteiger partial charge in [0, 0.05) is 23.7 Å². The normalized spacial score (nSPS) is 14.7. The van der Waals surface area contributed by atoms with Crippen LogP contribution in [0.1, 0.15) is 5.56 Å². The summed E-state index contributed by atoms with van der Waals surface area (Å²) in [5, 5.41) is 14.3. The number of methoxy groups -OCH3 is 1. The van der Waals surface area contributed by atoms with Gasteiger partial charge in [0.15, 0.2) is 0 Å². The Morgan fingerprint density at radius 2 is 2.12 bits per heavy atom. The number of hydrogen-bond donors (Lipinski definition) is 2. The van der Waals surface area contributed by atoms with E-state index in [4.69, 9.17) is 21.1 Å². The van der Waals surface area contributed by atoms with Crippen molar-refractivity contribution in [3.63, 3.8) is 0 Å². The molecule has 0 radical (unpaired) electrons. The van der Waals surface area contributed by atoms with Gasteiger partial charge in [0.2, 0.25) is 5.95 Å². The van der Waals surface area contributed by atoms with Crippen molar-refractivity contribution >= 4 is 29.7 Å². The number of morpholine rings is 1. The van der Waals surface area contributed by atoms with Gasteiger partial charge in [-0.1, -0.05) is 11.6 Å². The Kier molecular flexibility index (Phi) is 5.46. The Labute approximate surface area is 149 Å². The first kappa shape index (κ1) is 17.2. The van der Waals surface area contributed by atoms with E-state index < -0.39 is 0 Å². The maximum absolute atomic E-state index is 9.77. The molecule has 2 N–H and O–H groups in total. The fourth-order valence-electron chi connectivity index (χ4n) is 2.18. The molecule has 9 nitrogen and oxygen atoms in total. The zero-order chi connectivity index (χ0) is 17.6. The molecule has 0 saturated carbocycles. The molecule has 1 saturated heterocycles. The third kappa shape index (κ3) is 4.46. The summed E-state index contributed by atoms with van der Waals surface area (Å²) < 4.78 is 10.4. The van der Waals surface area contributed by atoms with Gasteiger partial charge in [0.05, 0.1) is 26.5 Å². The molecule has 1 fully saturated rings. The van der Waals surface area contributed by atoms with Gasteiger partial charge < -0.3 is 19.5 Å². The van der Waals surface area contributed by atoms with Crippen LogP contribution in [0.3, 0.4) is 0 Å². The van der Waals surface area contributed by atoms with Gasteiger partial charge in [-0.2, -0.15) is 20.1 Å². The summed E-state index contributed by atoms with van der Waals surface area (Å²) in [5.41, 5.74) is 3.18. The van der Waals surface area contributed by atoms with E-state index in [1.54, 1.807) is 12.1 Å². The molecule has 0 amide bonds. The molecule has 1 aliphatic heterocycles. The third-order valence-electron chi connectivity index (χ3n) is 3.44. The average Bonchev–Trinajstić information content (AvgIpc) is 2.65. The minimum Gasteiger partial charge on any atom is -0.507 e. The first-order valence-corrected chi connectivity index (χ1v) is 7.94. The second-order valence-corrected chi connectivity index (χ2v) is 5.55. The predicted octanol–water partition coefficient (Wildman–Crippen LogP) is 1.52. The molecule has 0 aliphatic carbocycles. The summed E-state index contributed by atoms with van der Waals surface area (Å²) in [6.07, 6.45) is 1.42. The highest BCUT2D eigenvalue weighted by Gasteiger charge is 2.16. The number of aromatic hydroxyl groups is 1. The molecule has 1 aliphatic rings. The van der Waals surface area contributed by atoms with Crippen LogP contribution < -0.4 is 15.1 Å². The van der Waals surface area contributed by atoms with Crippen molar-refractivity contribution in [1.29, 1.82) is 0 Å². The van der Waals surface area contributed by atoms with Gasteiger partial charge in [-0.05, 0) is 18.2 Å². The molecule has 1 aromatic carbocycles. The van der Waals surface area contributed by atoms with E-state index in [0.717, 1.165) is 0 Å². The number of ether oxygens (including phenoxy) is 2. The summed E-state index contributed by atoms with van der Waals surface area (Å²) >= 11 is 5.90. The lowest BCUT2D eigenvalue weighted by Crippen LogP contribution is -2.37. The molecule has 1 aromatic heterocycles. The summed E-state index contributed by atoms with van der Waals surface area (Å²) in [5.74, 6) is 0.779. The fourth-order valence-corrected chi connectivity index (χ4v) is 2.36. The number of halogens is 1. The van der Waals surface area contributed by atoms with Gasteiger partial charge in [-0.25, -0.2) is 5.43 Å². The van der Waals surface area contributed by atoms with E-state index >= 15 is 0 Å². The molecule has 25 heavy (non-hydrogen) atoms. The number of nitrogens with zero attached hydrogens (tertiary/aromatic N) is 5. The fraction of sp³-hybridized carbons (Fsp3) is 0.333. The SMILES string of the molecule is COc1nc(N/N=C/c2cc(Cl)ccc2O)nc(N2CCOCC2)n1. The first-order valence-electron chi connectivity index (χ1n) is 7.56. The van der Waals surface area contributed by atoms with E-state index in [0.29, 0.717) is 42.8 Å². The monoisotopic (exact) mass is 364 g/mol. The van der Waals surface area contributed by atoms with E-state index in [1.807, 2.05) is 4.90 Å². The second-order valence-electron chi connectivity index (χ2n) is 5.12. The molecule has 10 heteroatoms. The number of hydrazone groups is 1. The number of aromatic nitrogens is 3. The number of phenols is 1. The number of rotatable bonds is 5. The zero-order valence-electron chi connectivity index (χ0n) is 13.5. The van der Waals surface area contributed by atoms with Crippen molar-refractivity contribution in [1.82, 2.24) is 15.0 Å². The zero-order valence-corrected chi connectivity index (χ0v) is 14.3. The van der Waals surface area contributed by atoms with Crippen molar-refractivity contribution in [3.05, 3.63) is 28.8 Å². The molecule has 2 aromatic rings. The lowest BCUT2D eigenvalue weighted by atomic mass is 10.2. The van der Waals surface area contributed by atoms with Crippen LogP contribution in [0, 0.1) is 0 Å². The van der Waals surface area contributed by atoms with E-state index in [-0.39, 0.29) is 17.7 Å². The standard InChI is InChI=1S/C15H17ClN6O3/c1-24-15-19-13(18-14(20-15)22-4-6-25-7-5-22)21-17-9-10-8-11(16)2-3-12(10)23/h2-3,8-9,23H,4-7H2,1H3,(H,18,19,20,21)/b17-9+. The van der Waals surface area contributed by atoms with E-state index in [1.165, 1.54) is 19.4 Å². The molecule has 0 unspecified atom stereocenters. The molecule has 0 spiro atoms. The van der Waals surface area contributed by atoms with Crippen LogP contribution in [0.15, 0.2) is 23.3 Å². The molecule has 0 bridgehead atoms. The lowest BCUT2D eigenvalue weighted by molar-refractivity contribution is 0.122. The largest absolute Gasteiger partial charge is 0.507 e. The smallest absolute Gasteiger partial charge is 0.322 e. The van der Waals surface area contributed by atoms with Crippen molar-refractivity contribution in [2.75, 3.05) is 43.7 Å².